The Labute approximate surface area is 166 Å². The van der Waals surface area contributed by atoms with E-state index in [-0.39, 0.29) is 0 Å². The molecule has 0 fully saturated rings. The third kappa shape index (κ3) is 5.63. The number of rotatable bonds is 9. The summed E-state index contributed by atoms with van der Waals surface area (Å²) in [7, 11) is 3.45. The van der Waals surface area contributed by atoms with Crippen LogP contribution in [0.2, 0.25) is 0 Å². The molecule has 28 heavy (non-hydrogen) atoms. The van der Waals surface area contributed by atoms with E-state index in [1.165, 1.54) is 11.1 Å². The number of hydrogen-bond donors (Lipinski definition) is 2. The molecular weight excluding hydrogens is 354 g/mol. The number of nitrogens with one attached hydrogen (secondary N) is 2. The lowest BCUT2D eigenvalue weighted by Gasteiger charge is -2.13. The van der Waals surface area contributed by atoms with Crippen molar-refractivity contribution in [3.63, 3.8) is 0 Å². The highest BCUT2D eigenvalue weighted by Crippen LogP contribution is 2.25. The van der Waals surface area contributed by atoms with Crippen molar-refractivity contribution in [2.45, 2.75) is 19.4 Å². The third-order valence-corrected chi connectivity index (χ3v) is 4.67. The van der Waals surface area contributed by atoms with E-state index in [0.717, 1.165) is 49.0 Å². The predicted molar refractivity (Wildman–Crippen MR) is 111 cm³/mol. The molecule has 2 N–H and O–H groups in total. The Morgan fingerprint density at radius 3 is 2.86 bits per heavy atom. The monoisotopic (exact) mass is 383 g/mol. The molecular formula is C22H29N3O3. The third-order valence-electron chi connectivity index (χ3n) is 4.67. The molecule has 1 aliphatic heterocycles. The van der Waals surface area contributed by atoms with Crippen LogP contribution in [0.25, 0.3) is 0 Å². The van der Waals surface area contributed by atoms with Crippen molar-refractivity contribution < 1.29 is 14.2 Å². The van der Waals surface area contributed by atoms with E-state index < -0.39 is 0 Å². The van der Waals surface area contributed by atoms with Crippen molar-refractivity contribution in [1.29, 1.82) is 0 Å². The minimum atomic E-state index is 0.528. The molecule has 1 aliphatic rings. The van der Waals surface area contributed by atoms with Gasteiger partial charge in [-0.15, -0.1) is 0 Å². The molecule has 0 aromatic heterocycles. The molecule has 0 amide bonds. The highest BCUT2D eigenvalue weighted by molar-refractivity contribution is 5.79. The fraction of sp³-hybridized carbons (Fsp3) is 0.409. The quantitative estimate of drug-likeness (QED) is 0.396. The van der Waals surface area contributed by atoms with Gasteiger partial charge in [0.2, 0.25) is 0 Å². The van der Waals surface area contributed by atoms with Crippen molar-refractivity contribution >= 4 is 5.96 Å². The van der Waals surface area contributed by atoms with Crippen LogP contribution in [0.4, 0.5) is 0 Å². The van der Waals surface area contributed by atoms with Gasteiger partial charge in [0, 0.05) is 32.1 Å². The highest BCUT2D eigenvalue weighted by atomic mass is 16.5. The number of para-hydroxylation sites is 1. The maximum atomic E-state index is 5.74. The van der Waals surface area contributed by atoms with Gasteiger partial charge in [-0.25, -0.2) is 0 Å². The summed E-state index contributed by atoms with van der Waals surface area (Å²) in [6, 6.07) is 14.3. The molecule has 0 aliphatic carbocycles. The SMILES string of the molecule is CN=C(NCCOCc1ccccc1OC)NCCc1ccc2c(c1)CCO2. The Morgan fingerprint density at radius 1 is 1.14 bits per heavy atom. The molecule has 6 nitrogen and oxygen atoms in total. The number of ether oxygens (including phenoxy) is 3. The van der Waals surface area contributed by atoms with Crippen LogP contribution in [0, 0.1) is 0 Å². The summed E-state index contributed by atoms with van der Waals surface area (Å²) in [5, 5.41) is 6.62. The second kappa shape index (κ2) is 10.6. The van der Waals surface area contributed by atoms with Gasteiger partial charge in [0.15, 0.2) is 5.96 Å². The standard InChI is InChI=1S/C22H29N3O3/c1-23-22(24-11-9-17-7-8-21-18(15-17)10-13-28-21)25-12-14-27-16-19-5-3-4-6-20(19)26-2/h3-8,15H,9-14,16H2,1-2H3,(H2,23,24,25). The molecule has 0 saturated heterocycles. The normalized spacial score (nSPS) is 13.0. The molecule has 0 atom stereocenters. The Morgan fingerprint density at radius 2 is 2.00 bits per heavy atom. The van der Waals surface area contributed by atoms with Gasteiger partial charge in [0.25, 0.3) is 0 Å². The Balaban J connectivity index is 1.32. The van der Waals surface area contributed by atoms with Gasteiger partial charge < -0.3 is 24.8 Å². The summed E-state index contributed by atoms with van der Waals surface area (Å²) >= 11 is 0. The zero-order valence-corrected chi connectivity index (χ0v) is 16.7. The molecule has 0 spiro atoms. The van der Waals surface area contributed by atoms with Gasteiger partial charge in [-0.1, -0.05) is 30.3 Å². The van der Waals surface area contributed by atoms with E-state index in [1.54, 1.807) is 14.2 Å². The summed E-state index contributed by atoms with van der Waals surface area (Å²) in [5.74, 6) is 2.67. The molecule has 0 saturated carbocycles. The van der Waals surface area contributed by atoms with Gasteiger partial charge in [0.05, 0.1) is 26.9 Å². The first kappa shape index (κ1) is 20.0. The lowest BCUT2D eigenvalue weighted by Crippen LogP contribution is -2.39. The number of nitrogens with zero attached hydrogens (tertiary/aromatic N) is 1. The Bertz CT molecular complexity index is 792. The first-order chi connectivity index (χ1) is 13.8. The zero-order chi connectivity index (χ0) is 19.6. The highest BCUT2D eigenvalue weighted by Gasteiger charge is 2.11. The lowest BCUT2D eigenvalue weighted by atomic mass is 10.1. The second-order valence-electron chi connectivity index (χ2n) is 6.58. The van der Waals surface area contributed by atoms with E-state index in [9.17, 15) is 0 Å². The largest absolute Gasteiger partial charge is 0.496 e. The first-order valence-electron chi connectivity index (χ1n) is 9.69. The van der Waals surface area contributed by atoms with Crippen LogP contribution in [-0.2, 0) is 24.2 Å². The van der Waals surface area contributed by atoms with Crippen molar-refractivity contribution in [3.05, 3.63) is 59.2 Å². The predicted octanol–water partition coefficient (Wildman–Crippen LogP) is 2.55. The van der Waals surface area contributed by atoms with Crippen LogP contribution in [0.15, 0.2) is 47.5 Å². The summed E-state index contributed by atoms with van der Waals surface area (Å²) in [6.45, 7) is 3.42. The molecule has 1 heterocycles. The smallest absolute Gasteiger partial charge is 0.191 e. The molecule has 2 aromatic carbocycles. The van der Waals surface area contributed by atoms with Crippen molar-refractivity contribution in [1.82, 2.24) is 10.6 Å². The van der Waals surface area contributed by atoms with Crippen LogP contribution in [0.1, 0.15) is 16.7 Å². The minimum Gasteiger partial charge on any atom is -0.496 e. The topological polar surface area (TPSA) is 64.1 Å². The Hall–Kier alpha value is -2.73. The number of guanidine groups is 1. The average Bonchev–Trinajstić information content (AvgIpc) is 3.20. The van der Waals surface area contributed by atoms with Gasteiger partial charge in [-0.05, 0) is 29.7 Å². The summed E-state index contributed by atoms with van der Waals surface area (Å²) in [6.07, 6.45) is 1.95. The van der Waals surface area contributed by atoms with E-state index in [0.29, 0.717) is 19.8 Å². The van der Waals surface area contributed by atoms with E-state index >= 15 is 0 Å². The van der Waals surface area contributed by atoms with E-state index in [2.05, 4.69) is 33.8 Å². The summed E-state index contributed by atoms with van der Waals surface area (Å²) in [4.78, 5) is 4.26. The van der Waals surface area contributed by atoms with E-state index in [1.807, 2.05) is 24.3 Å². The van der Waals surface area contributed by atoms with Crippen LogP contribution >= 0.6 is 0 Å². The molecule has 0 unspecified atom stereocenters. The first-order valence-corrected chi connectivity index (χ1v) is 9.69. The van der Waals surface area contributed by atoms with Gasteiger partial charge >= 0.3 is 0 Å². The number of hydrogen-bond acceptors (Lipinski definition) is 4. The molecule has 150 valence electrons. The van der Waals surface area contributed by atoms with Crippen LogP contribution < -0.4 is 20.1 Å². The number of fused-ring (bicyclic) bond motifs is 1. The lowest BCUT2D eigenvalue weighted by molar-refractivity contribution is 0.123. The van der Waals surface area contributed by atoms with Crippen molar-refractivity contribution in [2.24, 2.45) is 4.99 Å². The number of benzene rings is 2. The second-order valence-corrected chi connectivity index (χ2v) is 6.58. The summed E-state index contributed by atoms with van der Waals surface area (Å²) in [5.41, 5.74) is 3.67. The molecule has 3 rings (SSSR count). The van der Waals surface area contributed by atoms with Gasteiger partial charge in [-0.3, -0.25) is 4.99 Å². The van der Waals surface area contributed by atoms with Crippen molar-refractivity contribution in [2.75, 3.05) is 40.5 Å². The molecule has 6 heteroatoms. The number of aliphatic imine (C=N–C) groups is 1. The van der Waals surface area contributed by atoms with Crippen LogP contribution in [-0.4, -0.2) is 46.4 Å². The maximum Gasteiger partial charge on any atom is 0.191 e. The fourth-order valence-electron chi connectivity index (χ4n) is 3.19. The Kier molecular flexibility index (Phi) is 7.55. The molecule has 0 radical (unpaired) electrons. The fourth-order valence-corrected chi connectivity index (χ4v) is 3.19. The van der Waals surface area contributed by atoms with E-state index in [4.69, 9.17) is 14.2 Å². The number of methoxy groups -OCH3 is 1. The minimum absolute atomic E-state index is 0.528. The van der Waals surface area contributed by atoms with Gasteiger partial charge in [-0.2, -0.15) is 0 Å². The average molecular weight is 383 g/mol. The van der Waals surface area contributed by atoms with Gasteiger partial charge in [0.1, 0.15) is 11.5 Å². The van der Waals surface area contributed by atoms with Crippen LogP contribution in [0.3, 0.4) is 0 Å². The maximum absolute atomic E-state index is 5.74. The molecule has 2 aromatic rings. The molecule has 0 bridgehead atoms. The van der Waals surface area contributed by atoms with Crippen molar-refractivity contribution in [3.8, 4) is 11.5 Å². The summed E-state index contributed by atoms with van der Waals surface area (Å²) < 4.78 is 16.6. The zero-order valence-electron chi connectivity index (χ0n) is 16.7. The van der Waals surface area contributed by atoms with Crippen LogP contribution in [0.5, 0.6) is 11.5 Å².